The normalized spacial score (nSPS) is 17.4. The number of carboxylic acids is 1. The summed E-state index contributed by atoms with van der Waals surface area (Å²) in [5, 5.41) is 21.6. The van der Waals surface area contributed by atoms with Gasteiger partial charge in [0.05, 0.1) is 6.10 Å². The number of aliphatic hydroxyl groups is 1. The van der Waals surface area contributed by atoms with Crippen LogP contribution in [-0.2, 0) is 9.53 Å². The van der Waals surface area contributed by atoms with Gasteiger partial charge in [-0.2, -0.15) is 0 Å². The molecule has 0 spiro atoms. The Morgan fingerprint density at radius 1 is 1.03 bits per heavy atom. The minimum Gasteiger partial charge on any atom is -0.480 e. The monoisotopic (exact) mass is 438 g/mol. The van der Waals surface area contributed by atoms with E-state index in [9.17, 15) is 19.8 Å². The minimum absolute atomic E-state index is 0.0640. The highest BCUT2D eigenvalue weighted by Gasteiger charge is 2.29. The first-order chi connectivity index (χ1) is 15.5. The minimum atomic E-state index is -1.06. The first-order valence-corrected chi connectivity index (χ1v) is 11.3. The molecule has 1 aliphatic heterocycles. The fraction of sp³-hybridized carbons (Fsp3) is 0.440. The number of aliphatic carboxylic acids is 1. The third kappa shape index (κ3) is 5.11. The molecule has 4 rings (SSSR count). The smallest absolute Gasteiger partial charge is 0.407 e. The summed E-state index contributed by atoms with van der Waals surface area (Å²) in [4.78, 5) is 26.3. The first-order valence-electron chi connectivity index (χ1n) is 11.3. The van der Waals surface area contributed by atoms with Crippen molar-refractivity contribution < 1.29 is 24.5 Å². The van der Waals surface area contributed by atoms with E-state index in [1.165, 1.54) is 0 Å². The molecule has 0 radical (unpaired) electrons. The van der Waals surface area contributed by atoms with Gasteiger partial charge in [0.25, 0.3) is 0 Å². The molecule has 1 saturated heterocycles. The fourth-order valence-electron chi connectivity index (χ4n) is 4.70. The van der Waals surface area contributed by atoms with Crippen LogP contribution >= 0.6 is 0 Å². The van der Waals surface area contributed by atoms with Gasteiger partial charge in [0.2, 0.25) is 0 Å². The van der Waals surface area contributed by atoms with E-state index in [0.717, 1.165) is 54.7 Å². The number of carbonyl (C=O) groups is 2. The molecule has 1 atom stereocenters. The summed E-state index contributed by atoms with van der Waals surface area (Å²) in [6.07, 6.45) is 1.55. The summed E-state index contributed by atoms with van der Waals surface area (Å²) in [5.74, 6) is -1.13. The summed E-state index contributed by atoms with van der Waals surface area (Å²) in [5.41, 5.74) is 4.52. The Bertz CT molecular complexity index is 909. The highest BCUT2D eigenvalue weighted by Crippen LogP contribution is 2.44. The van der Waals surface area contributed by atoms with Gasteiger partial charge >= 0.3 is 12.1 Å². The Morgan fingerprint density at radius 3 is 2.22 bits per heavy atom. The molecule has 3 N–H and O–H groups in total. The quantitative estimate of drug-likeness (QED) is 0.585. The zero-order chi connectivity index (χ0) is 22.5. The number of nitrogens with zero attached hydrogens (tertiary/aromatic N) is 1. The van der Waals surface area contributed by atoms with Crippen LogP contribution in [-0.4, -0.2) is 65.6 Å². The Kier molecular flexibility index (Phi) is 7.07. The number of carbonyl (C=O) groups excluding carboxylic acids is 1. The van der Waals surface area contributed by atoms with Crippen molar-refractivity contribution in [3.8, 4) is 11.1 Å². The van der Waals surface area contributed by atoms with Crippen molar-refractivity contribution in [3.05, 3.63) is 59.7 Å². The third-order valence-electron chi connectivity index (χ3n) is 6.46. The van der Waals surface area contributed by atoms with E-state index in [0.29, 0.717) is 12.8 Å². The molecular formula is C25H30N2O5. The number of hydrogen-bond acceptors (Lipinski definition) is 5. The second-order valence-corrected chi connectivity index (χ2v) is 8.58. The number of likely N-dealkylation sites (tertiary alicyclic amines) is 1. The number of fused-ring (bicyclic) bond motifs is 3. The molecule has 7 nitrogen and oxygen atoms in total. The van der Waals surface area contributed by atoms with Crippen LogP contribution in [0.25, 0.3) is 11.1 Å². The molecular weight excluding hydrogens is 408 g/mol. The number of ether oxygens (including phenoxy) is 1. The maximum absolute atomic E-state index is 12.4. The summed E-state index contributed by atoms with van der Waals surface area (Å²) >= 11 is 0. The molecule has 2 aliphatic rings. The van der Waals surface area contributed by atoms with Crippen molar-refractivity contribution in [2.24, 2.45) is 0 Å². The van der Waals surface area contributed by atoms with Crippen LogP contribution in [0.4, 0.5) is 4.79 Å². The van der Waals surface area contributed by atoms with Gasteiger partial charge in [0.15, 0.2) is 0 Å². The SMILES string of the molecule is O=C(N[C@@H](CCCN1CCC(O)CC1)C(=O)O)OCC1c2ccccc2-c2ccccc21. The van der Waals surface area contributed by atoms with E-state index < -0.39 is 18.1 Å². The lowest BCUT2D eigenvalue weighted by molar-refractivity contribution is -0.139. The largest absolute Gasteiger partial charge is 0.480 e. The van der Waals surface area contributed by atoms with Crippen molar-refractivity contribution in [2.75, 3.05) is 26.2 Å². The Labute approximate surface area is 188 Å². The molecule has 2 aromatic rings. The Balaban J connectivity index is 1.29. The third-order valence-corrected chi connectivity index (χ3v) is 6.46. The molecule has 1 fully saturated rings. The van der Waals surface area contributed by atoms with Crippen molar-refractivity contribution in [1.29, 1.82) is 0 Å². The average Bonchev–Trinajstić information content (AvgIpc) is 3.12. The second-order valence-electron chi connectivity index (χ2n) is 8.58. The van der Waals surface area contributed by atoms with Crippen LogP contribution in [0.15, 0.2) is 48.5 Å². The van der Waals surface area contributed by atoms with E-state index in [1.54, 1.807) is 0 Å². The number of amides is 1. The van der Waals surface area contributed by atoms with Gasteiger partial charge in [-0.15, -0.1) is 0 Å². The second kappa shape index (κ2) is 10.1. The zero-order valence-electron chi connectivity index (χ0n) is 18.1. The first kappa shape index (κ1) is 22.3. The van der Waals surface area contributed by atoms with Gasteiger partial charge in [-0.3, -0.25) is 0 Å². The van der Waals surface area contributed by atoms with Crippen molar-refractivity contribution >= 4 is 12.1 Å². The molecule has 7 heteroatoms. The molecule has 32 heavy (non-hydrogen) atoms. The van der Waals surface area contributed by atoms with Gasteiger partial charge in [-0.1, -0.05) is 48.5 Å². The van der Waals surface area contributed by atoms with Crippen LogP contribution < -0.4 is 5.32 Å². The molecule has 0 saturated carbocycles. The standard InChI is InChI=1S/C25H30N2O5/c28-17-11-14-27(15-12-17)13-5-10-23(24(29)30)26-25(31)32-16-22-20-8-3-1-6-18(20)19-7-2-4-9-21(19)22/h1-4,6-9,17,22-23,28H,5,10-16H2,(H,26,31)(H,29,30)/t23-/m0/s1. The molecule has 170 valence electrons. The predicted molar refractivity (Wildman–Crippen MR) is 121 cm³/mol. The van der Waals surface area contributed by atoms with Crippen molar-refractivity contribution in [3.63, 3.8) is 0 Å². The average molecular weight is 439 g/mol. The molecule has 1 amide bonds. The summed E-state index contributed by atoms with van der Waals surface area (Å²) in [7, 11) is 0. The van der Waals surface area contributed by atoms with E-state index >= 15 is 0 Å². The van der Waals surface area contributed by atoms with Crippen molar-refractivity contribution in [2.45, 2.75) is 43.7 Å². The number of nitrogens with one attached hydrogen (secondary N) is 1. The van der Waals surface area contributed by atoms with Crippen LogP contribution in [0.2, 0.25) is 0 Å². The van der Waals surface area contributed by atoms with Crippen LogP contribution in [0.1, 0.15) is 42.7 Å². The molecule has 0 bridgehead atoms. The number of alkyl carbamates (subject to hydrolysis) is 1. The summed E-state index contributed by atoms with van der Waals surface area (Å²) < 4.78 is 5.48. The van der Waals surface area contributed by atoms with E-state index in [1.807, 2.05) is 36.4 Å². The maximum Gasteiger partial charge on any atom is 0.407 e. The predicted octanol–water partition coefficient (Wildman–Crippen LogP) is 3.22. The van der Waals surface area contributed by atoms with E-state index in [4.69, 9.17) is 4.74 Å². The van der Waals surface area contributed by atoms with Crippen LogP contribution in [0.3, 0.4) is 0 Å². The van der Waals surface area contributed by atoms with Crippen LogP contribution in [0.5, 0.6) is 0 Å². The summed E-state index contributed by atoms with van der Waals surface area (Å²) in [6.45, 7) is 2.54. The molecule has 2 aromatic carbocycles. The maximum atomic E-state index is 12.4. The highest BCUT2D eigenvalue weighted by atomic mass is 16.5. The lowest BCUT2D eigenvalue weighted by Gasteiger charge is -2.29. The topological polar surface area (TPSA) is 99.1 Å². The molecule has 1 heterocycles. The lowest BCUT2D eigenvalue weighted by atomic mass is 9.98. The Morgan fingerprint density at radius 2 is 1.62 bits per heavy atom. The van der Waals surface area contributed by atoms with Gasteiger partial charge in [0.1, 0.15) is 12.6 Å². The van der Waals surface area contributed by atoms with Gasteiger partial charge in [-0.25, -0.2) is 9.59 Å². The number of hydrogen-bond donors (Lipinski definition) is 3. The van der Waals surface area contributed by atoms with Gasteiger partial charge < -0.3 is 25.2 Å². The highest BCUT2D eigenvalue weighted by molar-refractivity contribution is 5.81. The lowest BCUT2D eigenvalue weighted by Crippen LogP contribution is -2.42. The molecule has 0 aromatic heterocycles. The number of rotatable bonds is 8. The summed E-state index contributed by atoms with van der Waals surface area (Å²) in [6, 6.07) is 15.2. The van der Waals surface area contributed by atoms with Gasteiger partial charge in [-0.05, 0) is 54.5 Å². The van der Waals surface area contributed by atoms with E-state index in [2.05, 4.69) is 22.3 Å². The number of carboxylic acid groups (broad SMARTS) is 1. The number of aliphatic hydroxyl groups excluding tert-OH is 1. The molecule has 1 aliphatic carbocycles. The fourth-order valence-corrected chi connectivity index (χ4v) is 4.70. The van der Waals surface area contributed by atoms with Gasteiger partial charge in [0, 0.05) is 19.0 Å². The van der Waals surface area contributed by atoms with Crippen molar-refractivity contribution in [1.82, 2.24) is 10.2 Å². The van der Waals surface area contributed by atoms with E-state index in [-0.39, 0.29) is 18.6 Å². The Hall–Kier alpha value is -2.90. The number of piperidine rings is 1. The zero-order valence-corrected chi connectivity index (χ0v) is 18.1. The van der Waals surface area contributed by atoms with Crippen LogP contribution in [0, 0.1) is 0 Å². The molecule has 0 unspecified atom stereocenters. The number of benzene rings is 2.